The minimum atomic E-state index is -0.235. The third-order valence-electron chi connectivity index (χ3n) is 8.35. The van der Waals surface area contributed by atoms with Crippen molar-refractivity contribution in [3.8, 4) is 11.5 Å². The van der Waals surface area contributed by atoms with E-state index in [0.717, 1.165) is 95.8 Å². The summed E-state index contributed by atoms with van der Waals surface area (Å²) in [5, 5.41) is 8.83. The Balaban J connectivity index is 1.06. The van der Waals surface area contributed by atoms with E-state index >= 15 is 0 Å². The number of rotatable bonds is 7. The zero-order valence-electron chi connectivity index (χ0n) is 23.7. The predicted octanol–water partition coefficient (Wildman–Crippen LogP) is 6.31. The molecular weight excluding hydrogens is 578 g/mol. The molecule has 1 amide bonds. The van der Waals surface area contributed by atoms with E-state index in [0.29, 0.717) is 0 Å². The fourth-order valence-corrected chi connectivity index (χ4v) is 6.29. The Labute approximate surface area is 249 Å². The van der Waals surface area contributed by atoms with Gasteiger partial charge in [-0.05, 0) is 62.1 Å². The van der Waals surface area contributed by atoms with Crippen LogP contribution in [0, 0.1) is 6.92 Å². The Kier molecular flexibility index (Phi) is 7.86. The molecule has 0 radical (unpaired) electrons. The maximum Gasteiger partial charge on any atom is 0.233 e. The van der Waals surface area contributed by atoms with Crippen LogP contribution in [0.5, 0.6) is 11.5 Å². The molecule has 2 aliphatic rings. The zero-order chi connectivity index (χ0) is 28.5. The van der Waals surface area contributed by atoms with Gasteiger partial charge in [0.05, 0.1) is 22.8 Å². The first-order valence-corrected chi connectivity index (χ1v) is 15.1. The van der Waals surface area contributed by atoms with Crippen molar-refractivity contribution < 1.29 is 9.53 Å². The molecule has 0 spiro atoms. The molecule has 4 aromatic rings. The van der Waals surface area contributed by atoms with Crippen LogP contribution in [0.2, 0.25) is 0 Å². The van der Waals surface area contributed by atoms with E-state index in [1.807, 2.05) is 29.9 Å². The highest BCUT2D eigenvalue weighted by Crippen LogP contribution is 2.36. The number of halogens is 1. The van der Waals surface area contributed by atoms with Crippen molar-refractivity contribution >= 4 is 38.4 Å². The zero-order valence-corrected chi connectivity index (χ0v) is 25.3. The topological polar surface area (TPSA) is 62.6 Å². The van der Waals surface area contributed by atoms with Gasteiger partial charge >= 0.3 is 0 Å². The lowest BCUT2D eigenvalue weighted by Gasteiger charge is -2.36. The van der Waals surface area contributed by atoms with Crippen molar-refractivity contribution in [2.45, 2.75) is 32.1 Å². The van der Waals surface area contributed by atoms with Crippen LogP contribution in [0.1, 0.15) is 35.6 Å². The largest absolute Gasteiger partial charge is 0.457 e. The summed E-state index contributed by atoms with van der Waals surface area (Å²) in [6.45, 7) is 10.9. The summed E-state index contributed by atoms with van der Waals surface area (Å²) >= 11 is 3.57. The van der Waals surface area contributed by atoms with E-state index in [2.05, 4.69) is 87.0 Å². The van der Waals surface area contributed by atoms with Crippen molar-refractivity contribution in [3.05, 3.63) is 94.2 Å². The number of aromatic nitrogens is 2. The number of amides is 1. The monoisotopic (exact) mass is 613 g/mol. The second kappa shape index (κ2) is 11.7. The molecule has 1 atom stereocenters. The molecule has 8 heteroatoms. The summed E-state index contributed by atoms with van der Waals surface area (Å²) in [6.07, 6.45) is 2.55. The maximum atomic E-state index is 12.7. The van der Waals surface area contributed by atoms with Crippen LogP contribution in [0.15, 0.2) is 77.4 Å². The summed E-state index contributed by atoms with van der Waals surface area (Å²) in [4.78, 5) is 17.7. The van der Waals surface area contributed by atoms with E-state index in [1.54, 1.807) is 0 Å². The summed E-state index contributed by atoms with van der Waals surface area (Å²) in [7, 11) is 1.99. The average molecular weight is 615 g/mol. The number of piperazine rings is 1. The van der Waals surface area contributed by atoms with Gasteiger partial charge in [0.1, 0.15) is 11.5 Å². The molecule has 41 heavy (non-hydrogen) atoms. The van der Waals surface area contributed by atoms with Gasteiger partial charge in [-0.25, -0.2) is 0 Å². The minimum Gasteiger partial charge on any atom is -0.457 e. The van der Waals surface area contributed by atoms with Gasteiger partial charge in [0, 0.05) is 60.9 Å². The number of fused-ring (bicyclic) bond motifs is 1. The molecule has 2 saturated heterocycles. The Morgan fingerprint density at radius 2 is 1.80 bits per heavy atom. The Morgan fingerprint density at radius 1 is 1.05 bits per heavy atom. The van der Waals surface area contributed by atoms with Gasteiger partial charge in [0.2, 0.25) is 5.91 Å². The molecule has 0 bridgehead atoms. The SMILES string of the molecule is C=C1CCC(c2nn(C)c3c(N4CCN(CCc5ccc(Oc6cccc(Br)c6C)cc5)CC4)cccc23)C(=O)N1. The summed E-state index contributed by atoms with van der Waals surface area (Å²) < 4.78 is 9.10. The van der Waals surface area contributed by atoms with Crippen LogP contribution in [0.3, 0.4) is 0 Å². The predicted molar refractivity (Wildman–Crippen MR) is 168 cm³/mol. The second-order valence-corrected chi connectivity index (χ2v) is 11.9. The fraction of sp³-hybridized carbons (Fsp3) is 0.333. The van der Waals surface area contributed by atoms with E-state index in [-0.39, 0.29) is 11.8 Å². The Hall–Kier alpha value is -3.62. The van der Waals surface area contributed by atoms with E-state index in [1.165, 1.54) is 11.3 Å². The van der Waals surface area contributed by atoms with Gasteiger partial charge in [-0.1, -0.05) is 52.8 Å². The van der Waals surface area contributed by atoms with Crippen molar-refractivity contribution in [2.75, 3.05) is 37.6 Å². The highest BCUT2D eigenvalue weighted by molar-refractivity contribution is 9.10. The Morgan fingerprint density at radius 3 is 2.56 bits per heavy atom. The quantitative estimate of drug-likeness (QED) is 0.265. The number of nitrogens with zero attached hydrogens (tertiary/aromatic N) is 4. The lowest BCUT2D eigenvalue weighted by molar-refractivity contribution is -0.122. The second-order valence-electron chi connectivity index (χ2n) is 11.1. The van der Waals surface area contributed by atoms with Gasteiger partial charge in [0.15, 0.2) is 0 Å². The molecule has 1 N–H and O–H groups in total. The number of aryl methyl sites for hydroxylation is 1. The molecule has 6 rings (SSSR count). The maximum absolute atomic E-state index is 12.7. The first-order valence-electron chi connectivity index (χ1n) is 14.3. The molecule has 212 valence electrons. The average Bonchev–Trinajstić information content (AvgIpc) is 3.31. The first-order chi connectivity index (χ1) is 19.9. The van der Waals surface area contributed by atoms with Crippen LogP contribution in [-0.2, 0) is 18.3 Å². The number of carbonyl (C=O) groups is 1. The molecule has 7 nitrogen and oxygen atoms in total. The third-order valence-corrected chi connectivity index (χ3v) is 9.21. The molecule has 2 fully saturated rings. The number of nitrogens with one attached hydrogen (secondary N) is 1. The van der Waals surface area contributed by atoms with E-state index < -0.39 is 0 Å². The molecule has 1 aromatic heterocycles. The standard InChI is InChI=1S/C33H36BrN5O2/c1-22-10-15-27(33(40)35-22)31-26-6-4-8-29(32(26)37(3)36-31)39-20-18-38(19-21-39)17-16-24-11-13-25(14-12-24)41-30-9-5-7-28(34)23(30)2/h4-9,11-14,27H,1,10,15-21H2,2-3H3,(H,35,40). The number of ether oxygens (including phenoxy) is 1. The lowest BCUT2D eigenvalue weighted by Crippen LogP contribution is -2.47. The number of benzene rings is 3. The van der Waals surface area contributed by atoms with Crippen LogP contribution in [0.4, 0.5) is 5.69 Å². The number of carbonyl (C=O) groups excluding carboxylic acids is 1. The molecule has 3 heterocycles. The molecule has 0 aliphatic carbocycles. The van der Waals surface area contributed by atoms with Crippen LogP contribution in [-0.4, -0.2) is 53.3 Å². The molecule has 0 saturated carbocycles. The number of allylic oxidation sites excluding steroid dienone is 1. The first kappa shape index (κ1) is 27.5. The van der Waals surface area contributed by atoms with Crippen molar-refractivity contribution in [3.63, 3.8) is 0 Å². The third kappa shape index (κ3) is 5.76. The number of hydrogen-bond donors (Lipinski definition) is 1. The van der Waals surface area contributed by atoms with Crippen molar-refractivity contribution in [1.82, 2.24) is 20.0 Å². The lowest BCUT2D eigenvalue weighted by atomic mass is 9.92. The van der Waals surface area contributed by atoms with Gasteiger partial charge in [-0.15, -0.1) is 0 Å². The highest BCUT2D eigenvalue weighted by atomic mass is 79.9. The fourth-order valence-electron chi connectivity index (χ4n) is 5.94. The van der Waals surface area contributed by atoms with Crippen LogP contribution in [0.25, 0.3) is 10.9 Å². The number of piperidine rings is 1. The van der Waals surface area contributed by atoms with E-state index in [4.69, 9.17) is 9.84 Å². The Bertz CT molecular complexity index is 1590. The van der Waals surface area contributed by atoms with E-state index in [9.17, 15) is 4.79 Å². The van der Waals surface area contributed by atoms with Crippen LogP contribution >= 0.6 is 15.9 Å². The summed E-state index contributed by atoms with van der Waals surface area (Å²) in [5.41, 5.74) is 6.38. The van der Waals surface area contributed by atoms with Crippen LogP contribution < -0.4 is 15.0 Å². The summed E-state index contributed by atoms with van der Waals surface area (Å²) in [5.74, 6) is 1.49. The minimum absolute atomic E-state index is 0.00183. The highest BCUT2D eigenvalue weighted by Gasteiger charge is 2.31. The van der Waals surface area contributed by atoms with Crippen molar-refractivity contribution in [1.29, 1.82) is 0 Å². The van der Waals surface area contributed by atoms with Gasteiger partial charge in [-0.3, -0.25) is 14.4 Å². The van der Waals surface area contributed by atoms with Crippen molar-refractivity contribution in [2.24, 2.45) is 7.05 Å². The number of hydrogen-bond acceptors (Lipinski definition) is 5. The number of anilines is 1. The molecular formula is C33H36BrN5O2. The van der Waals surface area contributed by atoms with Gasteiger partial charge in [0.25, 0.3) is 0 Å². The van der Waals surface area contributed by atoms with Gasteiger partial charge in [-0.2, -0.15) is 5.10 Å². The summed E-state index contributed by atoms with van der Waals surface area (Å²) in [6, 6.07) is 20.9. The van der Waals surface area contributed by atoms with Gasteiger partial charge < -0.3 is 15.0 Å². The number of para-hydroxylation sites is 1. The normalized spacial score (nSPS) is 18.1. The smallest absolute Gasteiger partial charge is 0.233 e. The molecule has 2 aliphatic heterocycles. The molecule has 1 unspecified atom stereocenters. The molecule has 3 aromatic carbocycles.